The van der Waals surface area contributed by atoms with Crippen molar-refractivity contribution < 1.29 is 14.7 Å². The predicted octanol–water partition coefficient (Wildman–Crippen LogP) is 1.86. The molecule has 0 heterocycles. The van der Waals surface area contributed by atoms with E-state index in [1.807, 2.05) is 6.26 Å². The molecule has 1 atom stereocenters. The van der Waals surface area contributed by atoms with Gasteiger partial charge in [-0.3, -0.25) is 4.79 Å². The van der Waals surface area contributed by atoms with Gasteiger partial charge in [0.2, 0.25) is 0 Å². The number of hydrogen-bond donors (Lipinski definition) is 3. The molecule has 1 aromatic carbocycles. The number of nitrogen functional groups attached to an aromatic ring is 1. The summed E-state index contributed by atoms with van der Waals surface area (Å²) >= 11 is 7.33. The molecule has 0 aromatic heterocycles. The highest BCUT2D eigenvalue weighted by atomic mass is 35.5. The lowest BCUT2D eigenvalue weighted by Crippen LogP contribution is -2.41. The van der Waals surface area contributed by atoms with Crippen molar-refractivity contribution in [2.24, 2.45) is 0 Å². The molecule has 4 N–H and O–H groups in total. The van der Waals surface area contributed by atoms with Crippen molar-refractivity contribution in [3.05, 3.63) is 28.8 Å². The molecule has 0 saturated carbocycles. The van der Waals surface area contributed by atoms with Gasteiger partial charge >= 0.3 is 5.97 Å². The van der Waals surface area contributed by atoms with Gasteiger partial charge in [0.15, 0.2) is 0 Å². The third-order valence-electron chi connectivity index (χ3n) is 2.51. The second-order valence-corrected chi connectivity index (χ2v) is 5.24. The molecule has 0 radical (unpaired) electrons. The maximum Gasteiger partial charge on any atom is 0.326 e. The van der Waals surface area contributed by atoms with Gasteiger partial charge in [0.05, 0.1) is 16.3 Å². The minimum Gasteiger partial charge on any atom is -0.480 e. The van der Waals surface area contributed by atoms with E-state index in [-0.39, 0.29) is 16.3 Å². The lowest BCUT2D eigenvalue weighted by molar-refractivity contribution is -0.139. The number of aliphatic carboxylic acids is 1. The second kappa shape index (κ2) is 7.25. The minimum absolute atomic E-state index is 0.149. The van der Waals surface area contributed by atoms with Crippen LogP contribution >= 0.6 is 23.4 Å². The SMILES string of the molecule is CSCCC(NC(=O)c1cccc(Cl)c1N)C(=O)O. The monoisotopic (exact) mass is 302 g/mol. The summed E-state index contributed by atoms with van der Waals surface area (Å²) in [6, 6.07) is 3.73. The molecule has 0 saturated heterocycles. The van der Waals surface area contributed by atoms with Crippen LogP contribution in [-0.2, 0) is 4.79 Å². The van der Waals surface area contributed by atoms with Crippen molar-refractivity contribution in [3.63, 3.8) is 0 Å². The number of halogens is 1. The smallest absolute Gasteiger partial charge is 0.326 e. The molecule has 0 fully saturated rings. The Hall–Kier alpha value is -1.40. The number of carboxylic acids is 1. The van der Waals surface area contributed by atoms with E-state index in [4.69, 9.17) is 22.4 Å². The number of hydrogen-bond acceptors (Lipinski definition) is 4. The largest absolute Gasteiger partial charge is 0.480 e. The fourth-order valence-corrected chi connectivity index (χ4v) is 2.11. The average molecular weight is 303 g/mol. The van der Waals surface area contributed by atoms with Gasteiger partial charge < -0.3 is 16.2 Å². The Balaban J connectivity index is 2.82. The first-order chi connectivity index (χ1) is 8.97. The predicted molar refractivity (Wildman–Crippen MR) is 77.8 cm³/mol. The number of nitrogens with one attached hydrogen (secondary N) is 1. The van der Waals surface area contributed by atoms with Crippen LogP contribution in [0.5, 0.6) is 0 Å². The number of carbonyl (C=O) groups excluding carboxylic acids is 1. The summed E-state index contributed by atoms with van der Waals surface area (Å²) < 4.78 is 0. The van der Waals surface area contributed by atoms with Crippen molar-refractivity contribution in [1.29, 1.82) is 0 Å². The van der Waals surface area contributed by atoms with E-state index >= 15 is 0 Å². The molecule has 0 aliphatic heterocycles. The Morgan fingerprint density at radius 3 is 2.79 bits per heavy atom. The van der Waals surface area contributed by atoms with Crippen LogP contribution in [0.2, 0.25) is 5.02 Å². The van der Waals surface area contributed by atoms with Crippen LogP contribution in [0.4, 0.5) is 5.69 Å². The molecule has 104 valence electrons. The quantitative estimate of drug-likeness (QED) is 0.698. The van der Waals surface area contributed by atoms with Crippen LogP contribution in [0.3, 0.4) is 0 Å². The number of nitrogens with two attached hydrogens (primary N) is 1. The zero-order chi connectivity index (χ0) is 14.4. The van der Waals surface area contributed by atoms with Gasteiger partial charge in [-0.25, -0.2) is 4.79 Å². The minimum atomic E-state index is -1.07. The molecule has 1 aromatic rings. The number of amides is 1. The molecular weight excluding hydrogens is 288 g/mol. The highest BCUT2D eigenvalue weighted by Crippen LogP contribution is 2.22. The lowest BCUT2D eigenvalue weighted by atomic mass is 10.1. The van der Waals surface area contributed by atoms with Crippen LogP contribution in [0, 0.1) is 0 Å². The first-order valence-corrected chi connectivity index (χ1v) is 7.31. The van der Waals surface area contributed by atoms with E-state index in [0.717, 1.165) is 0 Å². The molecule has 0 bridgehead atoms. The van der Waals surface area contributed by atoms with E-state index in [9.17, 15) is 9.59 Å². The third kappa shape index (κ3) is 4.33. The van der Waals surface area contributed by atoms with Gasteiger partial charge in [0.25, 0.3) is 5.91 Å². The molecule has 5 nitrogen and oxygen atoms in total. The van der Waals surface area contributed by atoms with Gasteiger partial charge in [-0.05, 0) is 30.6 Å². The van der Waals surface area contributed by atoms with E-state index in [0.29, 0.717) is 12.2 Å². The van der Waals surface area contributed by atoms with Crippen LogP contribution in [0.15, 0.2) is 18.2 Å². The fourth-order valence-electron chi connectivity index (χ4n) is 1.46. The molecule has 0 aliphatic carbocycles. The molecule has 1 amide bonds. The number of benzene rings is 1. The topological polar surface area (TPSA) is 92.4 Å². The van der Waals surface area contributed by atoms with Gasteiger partial charge in [0, 0.05) is 0 Å². The molecule has 1 unspecified atom stereocenters. The van der Waals surface area contributed by atoms with Crippen LogP contribution < -0.4 is 11.1 Å². The summed E-state index contributed by atoms with van der Waals surface area (Å²) in [6.07, 6.45) is 2.22. The zero-order valence-corrected chi connectivity index (χ0v) is 11.9. The molecular formula is C12H15ClN2O3S. The maximum atomic E-state index is 12.0. The van der Waals surface area contributed by atoms with Crippen LogP contribution in [0.1, 0.15) is 16.8 Å². The summed E-state index contributed by atoms with van der Waals surface area (Å²) in [6.45, 7) is 0. The summed E-state index contributed by atoms with van der Waals surface area (Å²) in [4.78, 5) is 23.0. The zero-order valence-electron chi connectivity index (χ0n) is 10.4. The normalized spacial score (nSPS) is 11.9. The average Bonchev–Trinajstić information content (AvgIpc) is 2.37. The maximum absolute atomic E-state index is 12.0. The van der Waals surface area contributed by atoms with Gasteiger partial charge in [0.1, 0.15) is 6.04 Å². The van der Waals surface area contributed by atoms with Gasteiger partial charge in [-0.1, -0.05) is 17.7 Å². The summed E-state index contributed by atoms with van der Waals surface area (Å²) in [7, 11) is 0. The highest BCUT2D eigenvalue weighted by Gasteiger charge is 2.21. The number of para-hydroxylation sites is 1. The van der Waals surface area contributed by atoms with E-state index in [2.05, 4.69) is 5.32 Å². The lowest BCUT2D eigenvalue weighted by Gasteiger charge is -2.15. The van der Waals surface area contributed by atoms with Gasteiger partial charge in [-0.15, -0.1) is 0 Å². The van der Waals surface area contributed by atoms with Crippen molar-refractivity contribution in [3.8, 4) is 0 Å². The Morgan fingerprint density at radius 2 is 2.21 bits per heavy atom. The van der Waals surface area contributed by atoms with Crippen LogP contribution in [0.25, 0.3) is 0 Å². The molecule has 0 spiro atoms. The molecule has 1 rings (SSSR count). The third-order valence-corrected chi connectivity index (χ3v) is 3.49. The highest BCUT2D eigenvalue weighted by molar-refractivity contribution is 7.98. The van der Waals surface area contributed by atoms with E-state index in [1.165, 1.54) is 17.8 Å². The Kier molecular flexibility index (Phi) is 5.98. The van der Waals surface area contributed by atoms with Crippen molar-refractivity contribution in [1.82, 2.24) is 5.32 Å². The number of thioether (sulfide) groups is 1. The van der Waals surface area contributed by atoms with Crippen molar-refractivity contribution in [2.45, 2.75) is 12.5 Å². The standard InChI is InChI=1S/C12H15ClN2O3S/c1-19-6-5-9(12(17)18)15-11(16)7-3-2-4-8(13)10(7)14/h2-4,9H,5-6,14H2,1H3,(H,15,16)(H,17,18). The van der Waals surface area contributed by atoms with Crippen molar-refractivity contribution >= 4 is 40.9 Å². The number of carbonyl (C=O) groups is 2. The number of anilines is 1. The number of rotatable bonds is 6. The summed E-state index contributed by atoms with van der Waals surface area (Å²) in [5.41, 5.74) is 6.02. The Bertz CT molecular complexity index is 482. The molecule has 0 aliphatic rings. The van der Waals surface area contributed by atoms with Gasteiger partial charge in [-0.2, -0.15) is 11.8 Å². The Morgan fingerprint density at radius 1 is 1.53 bits per heavy atom. The Labute approximate surface area is 120 Å². The second-order valence-electron chi connectivity index (χ2n) is 3.85. The van der Waals surface area contributed by atoms with E-state index in [1.54, 1.807) is 12.1 Å². The number of carboxylic acid groups (broad SMARTS) is 1. The summed E-state index contributed by atoms with van der Waals surface area (Å²) in [5, 5.41) is 11.8. The summed E-state index contributed by atoms with van der Waals surface area (Å²) in [5.74, 6) is -0.959. The van der Waals surface area contributed by atoms with Crippen molar-refractivity contribution in [2.75, 3.05) is 17.7 Å². The van der Waals surface area contributed by atoms with E-state index < -0.39 is 17.9 Å². The van der Waals surface area contributed by atoms with Crippen LogP contribution in [-0.4, -0.2) is 35.0 Å². The fraction of sp³-hybridized carbons (Fsp3) is 0.333. The first-order valence-electron chi connectivity index (χ1n) is 5.54. The molecule has 7 heteroatoms. The molecule has 19 heavy (non-hydrogen) atoms. The first kappa shape index (κ1) is 15.7.